The van der Waals surface area contributed by atoms with Crippen LogP contribution in [0.3, 0.4) is 0 Å². The summed E-state index contributed by atoms with van der Waals surface area (Å²) in [6, 6.07) is 16.1. The summed E-state index contributed by atoms with van der Waals surface area (Å²) in [4.78, 5) is 63.3. The molecule has 0 saturated heterocycles. The van der Waals surface area contributed by atoms with Crippen LogP contribution < -0.4 is 16.0 Å². The number of carbonyl (C=O) groups is 4. The first kappa shape index (κ1) is 42.6. The second-order valence-electron chi connectivity index (χ2n) is 19.4. The number of para-hydroxylation sites is 1. The predicted molar refractivity (Wildman–Crippen MR) is 239 cm³/mol. The summed E-state index contributed by atoms with van der Waals surface area (Å²) < 4.78 is 9.84. The quantitative estimate of drug-likeness (QED) is 0.0912. The second kappa shape index (κ2) is 15.8. The van der Waals surface area contributed by atoms with Crippen molar-refractivity contribution >= 4 is 56.3 Å². The minimum Gasteiger partial charge on any atom is -0.481 e. The van der Waals surface area contributed by atoms with E-state index in [1.165, 1.54) is 16.2 Å². The number of nitrogens with zero attached hydrogens (tertiary/aromatic N) is 6. The predicted octanol–water partition coefficient (Wildman–Crippen LogP) is 6.77. The summed E-state index contributed by atoms with van der Waals surface area (Å²) in [5.41, 5.74) is 10.8. The fourth-order valence-corrected chi connectivity index (χ4v) is 13.4. The molecule has 16 heteroatoms. The molecule has 0 radical (unpaired) electrons. The molecule has 2 aromatic carbocycles. The fraction of sp³-hybridized carbons (Fsp3) is 0.468. The van der Waals surface area contributed by atoms with E-state index in [1.807, 2.05) is 71.1 Å². The smallest absolute Gasteiger partial charge is 0.355 e. The van der Waals surface area contributed by atoms with Crippen molar-refractivity contribution in [1.29, 1.82) is 0 Å². The van der Waals surface area contributed by atoms with Crippen LogP contribution in [-0.4, -0.2) is 97.0 Å². The molecule has 2 amide bonds. The van der Waals surface area contributed by atoms with Crippen LogP contribution in [0.2, 0.25) is 0 Å². The normalized spacial score (nSPS) is 25.2. The Morgan fingerprint density at radius 3 is 2.44 bits per heavy atom. The van der Waals surface area contributed by atoms with Gasteiger partial charge in [0, 0.05) is 55.6 Å². The Morgan fingerprint density at radius 2 is 1.71 bits per heavy atom. The zero-order valence-electron chi connectivity index (χ0n) is 36.1. The third-order valence-corrected chi connectivity index (χ3v) is 14.8. The summed E-state index contributed by atoms with van der Waals surface area (Å²) in [5.74, 6) is -2.39. The number of likely N-dealkylation sites (N-methyl/N-ethyl adjacent to an activating group) is 1. The van der Waals surface area contributed by atoms with Crippen LogP contribution in [0.5, 0.6) is 0 Å². The molecule has 15 nitrogen and oxygen atoms in total. The summed E-state index contributed by atoms with van der Waals surface area (Å²) in [6.07, 6.45) is 7.86. The number of nitrogens with two attached hydrogens (primary N) is 1. The van der Waals surface area contributed by atoms with Crippen LogP contribution in [0.1, 0.15) is 96.5 Å². The number of carbonyl (C=O) groups excluding carboxylic acids is 2. The van der Waals surface area contributed by atoms with Gasteiger partial charge in [0.2, 0.25) is 5.91 Å². The van der Waals surface area contributed by atoms with E-state index in [2.05, 4.69) is 24.1 Å². The van der Waals surface area contributed by atoms with Gasteiger partial charge in [0.1, 0.15) is 5.82 Å². The number of carboxylic acids is 2. The Labute approximate surface area is 369 Å². The molecular formula is C47H54N8O7S. The van der Waals surface area contributed by atoms with Crippen molar-refractivity contribution in [2.75, 3.05) is 37.0 Å². The van der Waals surface area contributed by atoms with Crippen LogP contribution in [0.4, 0.5) is 10.9 Å². The molecule has 330 valence electrons. The van der Waals surface area contributed by atoms with Gasteiger partial charge in [-0.05, 0) is 110 Å². The van der Waals surface area contributed by atoms with Gasteiger partial charge in [-0.3, -0.25) is 24.4 Å². The highest BCUT2D eigenvalue weighted by Gasteiger charge is 2.66. The number of rotatable bonds is 14. The van der Waals surface area contributed by atoms with E-state index in [0.29, 0.717) is 66.8 Å². The zero-order chi connectivity index (χ0) is 44.5. The van der Waals surface area contributed by atoms with E-state index in [-0.39, 0.29) is 33.4 Å². The number of anilines is 2. The Kier molecular flexibility index (Phi) is 10.7. The number of fused-ring (bicyclic) bond motifs is 2. The van der Waals surface area contributed by atoms with Gasteiger partial charge >= 0.3 is 11.9 Å². The monoisotopic (exact) mass is 874 g/mol. The van der Waals surface area contributed by atoms with E-state index in [0.717, 1.165) is 65.6 Å². The van der Waals surface area contributed by atoms with E-state index in [1.54, 1.807) is 13.2 Å². The first-order valence-corrected chi connectivity index (χ1v) is 22.4. The highest BCUT2D eigenvalue weighted by atomic mass is 32.1. The average Bonchev–Trinajstić information content (AvgIpc) is 3.79. The fourth-order valence-electron chi connectivity index (χ4n) is 12.5. The maximum absolute atomic E-state index is 13.7. The molecule has 10 rings (SSSR count). The Balaban J connectivity index is 0.920. The minimum atomic E-state index is -1.13. The Hall–Kier alpha value is -5.71. The zero-order valence-corrected chi connectivity index (χ0v) is 37.0. The van der Waals surface area contributed by atoms with Gasteiger partial charge in [0.25, 0.3) is 5.91 Å². The molecule has 4 saturated carbocycles. The lowest BCUT2D eigenvalue weighted by atomic mass is 9.39. The number of aromatic carboxylic acids is 1. The number of benzene rings is 2. The Morgan fingerprint density at radius 1 is 0.952 bits per heavy atom. The largest absolute Gasteiger partial charge is 0.481 e. The topological polar surface area (TPSA) is 206 Å². The number of aromatic nitrogens is 4. The lowest BCUT2D eigenvalue weighted by molar-refractivity contribution is -0.248. The summed E-state index contributed by atoms with van der Waals surface area (Å²) in [5, 5.41) is 28.1. The number of nitrogens with one attached hydrogen (secondary N) is 1. The average molecular weight is 875 g/mol. The van der Waals surface area contributed by atoms with Crippen molar-refractivity contribution in [2.24, 2.45) is 22.0 Å². The number of carboxylic acid groups (broad SMARTS) is 2. The van der Waals surface area contributed by atoms with E-state index < -0.39 is 30.3 Å². The molecule has 3 atom stereocenters. The summed E-state index contributed by atoms with van der Waals surface area (Å²) in [7, 11) is 1.63. The van der Waals surface area contributed by atoms with Crippen molar-refractivity contribution < 1.29 is 34.1 Å². The van der Waals surface area contributed by atoms with Gasteiger partial charge in [-0.1, -0.05) is 49.4 Å². The Bertz CT molecular complexity index is 2610. The van der Waals surface area contributed by atoms with Crippen molar-refractivity contribution in [2.45, 2.75) is 96.9 Å². The molecule has 4 fully saturated rings. The molecule has 5 aliphatic rings. The first-order valence-electron chi connectivity index (χ1n) is 21.6. The summed E-state index contributed by atoms with van der Waals surface area (Å²) >= 11 is 1.42. The SMILES string of the molecule is Cc1c(-c2ccc(N3CCc4cccc(C(=O)Nc5nc6ccccc6s5)c4C3)nc2C(=O)O)cnn1CC12CC3(C)CC(C)(C1)CC(OCCN(C)C(=O)C(N)CC(=O)O)(C3)C2. The lowest BCUT2D eigenvalue weighted by Gasteiger charge is -2.69. The van der Waals surface area contributed by atoms with E-state index >= 15 is 0 Å². The third kappa shape index (κ3) is 8.19. The van der Waals surface area contributed by atoms with Crippen LogP contribution in [-0.2, 0) is 33.8 Å². The highest BCUT2D eigenvalue weighted by Crippen LogP contribution is 2.72. The van der Waals surface area contributed by atoms with Gasteiger partial charge in [-0.2, -0.15) is 5.10 Å². The van der Waals surface area contributed by atoms with Crippen molar-refractivity contribution in [3.05, 3.63) is 88.9 Å². The van der Waals surface area contributed by atoms with Gasteiger partial charge < -0.3 is 30.5 Å². The van der Waals surface area contributed by atoms with Crippen molar-refractivity contribution in [3.8, 4) is 11.1 Å². The number of aliphatic carboxylic acids is 1. The van der Waals surface area contributed by atoms with Gasteiger partial charge in [-0.25, -0.2) is 14.8 Å². The van der Waals surface area contributed by atoms with Gasteiger partial charge in [-0.15, -0.1) is 0 Å². The van der Waals surface area contributed by atoms with E-state index in [9.17, 15) is 24.3 Å². The van der Waals surface area contributed by atoms with Crippen molar-refractivity contribution in [3.63, 3.8) is 0 Å². The molecule has 5 N–H and O–H groups in total. The number of amides is 2. The minimum absolute atomic E-state index is 0.0580. The molecule has 4 heterocycles. The lowest BCUT2D eigenvalue weighted by Crippen LogP contribution is -2.64. The standard InChI is InChI=1S/C47H54N8O7S/c1-28-32(19-49-55(28)27-46-22-44(2)21-45(3,23-46)25-47(24-44,26-46)62-17-16-53(4)41(59)34(48)18-38(56)57)30-12-13-37(51-39(30)42(60)61)54-15-14-29-8-7-9-31(33(29)20-54)40(58)52-43-50-35-10-5-6-11-36(35)63-43/h5-13,19,34H,14-18,20-27,48H2,1-4H3,(H,56,57)(H,60,61)(H,50,52,58). The molecule has 3 aromatic heterocycles. The first-order chi connectivity index (χ1) is 29.9. The van der Waals surface area contributed by atoms with Gasteiger partial charge in [0.15, 0.2) is 10.8 Å². The van der Waals surface area contributed by atoms with Crippen LogP contribution in [0.25, 0.3) is 21.3 Å². The van der Waals surface area contributed by atoms with Crippen LogP contribution >= 0.6 is 11.3 Å². The molecule has 5 aromatic rings. The second-order valence-corrected chi connectivity index (χ2v) is 20.4. The van der Waals surface area contributed by atoms with Crippen LogP contribution in [0, 0.1) is 23.2 Å². The molecule has 3 unspecified atom stereocenters. The number of hydrogen-bond acceptors (Lipinski definition) is 11. The molecular weight excluding hydrogens is 821 g/mol. The number of thiazole rings is 1. The maximum atomic E-state index is 13.7. The highest BCUT2D eigenvalue weighted by molar-refractivity contribution is 7.22. The molecule has 4 aliphatic carbocycles. The third-order valence-electron chi connectivity index (χ3n) is 13.9. The van der Waals surface area contributed by atoms with E-state index in [4.69, 9.17) is 25.7 Å². The molecule has 63 heavy (non-hydrogen) atoms. The number of pyridine rings is 1. The van der Waals surface area contributed by atoms with Crippen molar-refractivity contribution in [1.82, 2.24) is 24.6 Å². The maximum Gasteiger partial charge on any atom is 0.355 e. The molecule has 1 aliphatic heterocycles. The molecule has 4 bridgehead atoms. The van der Waals surface area contributed by atoms with Gasteiger partial charge in [0.05, 0.1) is 41.1 Å². The number of ether oxygens (including phenoxy) is 1. The van der Waals surface area contributed by atoms with Crippen LogP contribution in [0.15, 0.2) is 60.8 Å². The summed E-state index contributed by atoms with van der Waals surface area (Å²) in [6.45, 7) is 9.01. The molecule has 0 spiro atoms. The number of hydrogen-bond donors (Lipinski definition) is 4.